The fourth-order valence-electron chi connectivity index (χ4n) is 2.21. The summed E-state index contributed by atoms with van der Waals surface area (Å²) in [6.07, 6.45) is 3.32. The van der Waals surface area contributed by atoms with Gasteiger partial charge >= 0.3 is 5.97 Å². The van der Waals surface area contributed by atoms with Crippen LogP contribution in [-0.4, -0.2) is 20.6 Å². The molecule has 0 bridgehead atoms. The van der Waals surface area contributed by atoms with Crippen molar-refractivity contribution in [2.75, 3.05) is 0 Å². The van der Waals surface area contributed by atoms with E-state index in [-0.39, 0.29) is 5.82 Å². The van der Waals surface area contributed by atoms with E-state index in [1.165, 1.54) is 11.1 Å². The minimum absolute atomic E-state index is 0.0945. The summed E-state index contributed by atoms with van der Waals surface area (Å²) in [5.41, 5.74) is 4.12. The van der Waals surface area contributed by atoms with E-state index in [4.69, 9.17) is 5.11 Å². The van der Waals surface area contributed by atoms with Gasteiger partial charge in [0.25, 0.3) is 0 Å². The molecule has 2 aromatic rings. The van der Waals surface area contributed by atoms with Gasteiger partial charge in [0.2, 0.25) is 5.82 Å². The van der Waals surface area contributed by atoms with Crippen LogP contribution in [0.3, 0.4) is 0 Å². The van der Waals surface area contributed by atoms with Gasteiger partial charge in [-0.25, -0.2) is 9.78 Å². The highest BCUT2D eigenvalue weighted by Crippen LogP contribution is 2.21. The van der Waals surface area contributed by atoms with E-state index in [1.807, 2.05) is 12.1 Å². The van der Waals surface area contributed by atoms with Crippen molar-refractivity contribution in [2.45, 2.75) is 33.1 Å². The third-order valence-corrected chi connectivity index (χ3v) is 3.33. The zero-order valence-electron chi connectivity index (χ0n) is 11.0. The molecule has 4 heteroatoms. The van der Waals surface area contributed by atoms with Crippen LogP contribution in [0.1, 0.15) is 41.5 Å². The Labute approximate surface area is 106 Å². The van der Waals surface area contributed by atoms with Crippen LogP contribution in [0.15, 0.2) is 12.1 Å². The lowest BCUT2D eigenvalue weighted by molar-refractivity contribution is 0.0680. The summed E-state index contributed by atoms with van der Waals surface area (Å²) in [6, 6.07) is 4.05. The van der Waals surface area contributed by atoms with Crippen molar-refractivity contribution in [1.82, 2.24) is 9.55 Å². The van der Waals surface area contributed by atoms with Gasteiger partial charge in [0.15, 0.2) is 0 Å². The molecule has 0 aliphatic carbocycles. The monoisotopic (exact) mass is 246 g/mol. The SMILES string of the molecule is CCCCc1cc2nc(C(=O)O)n(C)c2cc1C. The molecule has 0 spiro atoms. The molecule has 0 radical (unpaired) electrons. The van der Waals surface area contributed by atoms with E-state index in [2.05, 4.69) is 18.8 Å². The van der Waals surface area contributed by atoms with Gasteiger partial charge in [-0.15, -0.1) is 0 Å². The van der Waals surface area contributed by atoms with Crippen molar-refractivity contribution < 1.29 is 9.90 Å². The zero-order chi connectivity index (χ0) is 13.3. The molecule has 0 saturated carbocycles. The smallest absolute Gasteiger partial charge is 0.372 e. The molecule has 1 heterocycles. The highest BCUT2D eigenvalue weighted by atomic mass is 16.4. The summed E-state index contributed by atoms with van der Waals surface area (Å²) in [6.45, 7) is 4.23. The van der Waals surface area contributed by atoms with Gasteiger partial charge in [-0.3, -0.25) is 0 Å². The Morgan fingerprint density at radius 3 is 2.78 bits per heavy atom. The number of unbranched alkanes of at least 4 members (excludes halogenated alkanes) is 1. The molecular weight excluding hydrogens is 228 g/mol. The van der Waals surface area contributed by atoms with E-state index in [9.17, 15) is 4.79 Å². The summed E-state index contributed by atoms with van der Waals surface area (Å²) in [4.78, 5) is 15.2. The molecule has 0 aliphatic rings. The van der Waals surface area contributed by atoms with E-state index >= 15 is 0 Å². The van der Waals surface area contributed by atoms with Crippen molar-refractivity contribution in [3.8, 4) is 0 Å². The van der Waals surface area contributed by atoms with E-state index < -0.39 is 5.97 Å². The first kappa shape index (κ1) is 12.6. The van der Waals surface area contributed by atoms with Crippen LogP contribution in [0.4, 0.5) is 0 Å². The lowest BCUT2D eigenvalue weighted by Gasteiger charge is -2.05. The van der Waals surface area contributed by atoms with Crippen molar-refractivity contribution in [1.29, 1.82) is 0 Å². The van der Waals surface area contributed by atoms with Gasteiger partial charge in [-0.1, -0.05) is 13.3 Å². The topological polar surface area (TPSA) is 55.1 Å². The molecule has 0 atom stereocenters. The second kappa shape index (κ2) is 4.80. The summed E-state index contributed by atoms with van der Waals surface area (Å²) >= 11 is 0. The molecule has 0 aliphatic heterocycles. The molecule has 0 unspecified atom stereocenters. The number of nitrogens with zero attached hydrogens (tertiary/aromatic N) is 2. The first-order valence-electron chi connectivity index (χ1n) is 6.23. The number of aromatic carboxylic acids is 1. The molecule has 1 N–H and O–H groups in total. The highest BCUT2D eigenvalue weighted by Gasteiger charge is 2.15. The van der Waals surface area contributed by atoms with Crippen LogP contribution >= 0.6 is 0 Å². The molecule has 18 heavy (non-hydrogen) atoms. The molecular formula is C14H18N2O2. The van der Waals surface area contributed by atoms with Crippen LogP contribution in [0.5, 0.6) is 0 Å². The Morgan fingerprint density at radius 1 is 1.44 bits per heavy atom. The first-order valence-corrected chi connectivity index (χ1v) is 6.23. The fraction of sp³-hybridized carbons (Fsp3) is 0.429. The lowest BCUT2D eigenvalue weighted by atomic mass is 10.0. The molecule has 96 valence electrons. The van der Waals surface area contributed by atoms with E-state index in [1.54, 1.807) is 11.6 Å². The van der Waals surface area contributed by atoms with Gasteiger partial charge in [0, 0.05) is 7.05 Å². The number of carboxylic acids is 1. The van der Waals surface area contributed by atoms with Crippen molar-refractivity contribution in [3.63, 3.8) is 0 Å². The van der Waals surface area contributed by atoms with Crippen molar-refractivity contribution in [2.24, 2.45) is 7.05 Å². The number of imidazole rings is 1. The molecule has 1 aromatic carbocycles. The number of hydrogen-bond acceptors (Lipinski definition) is 2. The summed E-state index contributed by atoms with van der Waals surface area (Å²) in [5, 5.41) is 9.06. The number of hydrogen-bond donors (Lipinski definition) is 1. The van der Waals surface area contributed by atoms with Gasteiger partial charge in [-0.2, -0.15) is 0 Å². The van der Waals surface area contributed by atoms with Gasteiger partial charge in [0.05, 0.1) is 11.0 Å². The molecule has 0 saturated heterocycles. The Morgan fingerprint density at radius 2 is 2.17 bits per heavy atom. The van der Waals surface area contributed by atoms with Crippen LogP contribution in [0.2, 0.25) is 0 Å². The minimum atomic E-state index is -0.985. The number of carboxylic acid groups (broad SMARTS) is 1. The summed E-state index contributed by atoms with van der Waals surface area (Å²) in [7, 11) is 1.74. The number of rotatable bonds is 4. The lowest BCUT2D eigenvalue weighted by Crippen LogP contribution is -2.05. The highest BCUT2D eigenvalue weighted by molar-refractivity contribution is 5.90. The van der Waals surface area contributed by atoms with Gasteiger partial charge < -0.3 is 9.67 Å². The Balaban J connectivity index is 2.54. The average molecular weight is 246 g/mol. The molecule has 1 aromatic heterocycles. The van der Waals surface area contributed by atoms with Crippen LogP contribution in [0, 0.1) is 6.92 Å². The first-order chi connectivity index (χ1) is 8.54. The standard InChI is InChI=1S/C14H18N2O2/c1-4-5-6-10-8-11-12(7-9(10)2)16(3)13(15-11)14(17)18/h7-8H,4-6H2,1-3H3,(H,17,18). The number of benzene rings is 1. The Kier molecular flexibility index (Phi) is 3.36. The fourth-order valence-corrected chi connectivity index (χ4v) is 2.21. The summed E-state index contributed by atoms with van der Waals surface area (Å²) < 4.78 is 1.63. The summed E-state index contributed by atoms with van der Waals surface area (Å²) in [5.74, 6) is -0.890. The van der Waals surface area contributed by atoms with Crippen LogP contribution in [0.25, 0.3) is 11.0 Å². The van der Waals surface area contributed by atoms with Crippen LogP contribution in [-0.2, 0) is 13.5 Å². The average Bonchev–Trinajstić information content (AvgIpc) is 2.64. The maximum Gasteiger partial charge on any atom is 0.372 e. The Hall–Kier alpha value is -1.84. The number of aryl methyl sites for hydroxylation is 3. The minimum Gasteiger partial charge on any atom is -0.475 e. The zero-order valence-corrected chi connectivity index (χ0v) is 11.0. The Bertz CT molecular complexity index is 599. The number of aromatic nitrogens is 2. The number of fused-ring (bicyclic) bond motifs is 1. The van der Waals surface area contributed by atoms with Crippen molar-refractivity contribution in [3.05, 3.63) is 29.1 Å². The van der Waals surface area contributed by atoms with E-state index in [0.717, 1.165) is 30.3 Å². The predicted octanol–water partition coefficient (Wildman–Crippen LogP) is 2.92. The molecule has 0 fully saturated rings. The van der Waals surface area contributed by atoms with Crippen LogP contribution < -0.4 is 0 Å². The maximum absolute atomic E-state index is 11.0. The quantitative estimate of drug-likeness (QED) is 0.902. The van der Waals surface area contributed by atoms with Gasteiger partial charge in [-0.05, 0) is 43.0 Å². The maximum atomic E-state index is 11.0. The third-order valence-electron chi connectivity index (χ3n) is 3.33. The number of carbonyl (C=O) groups is 1. The largest absolute Gasteiger partial charge is 0.475 e. The normalized spacial score (nSPS) is 11.1. The molecule has 4 nitrogen and oxygen atoms in total. The second-order valence-corrected chi connectivity index (χ2v) is 4.67. The second-order valence-electron chi connectivity index (χ2n) is 4.67. The molecule has 0 amide bonds. The van der Waals surface area contributed by atoms with Crippen molar-refractivity contribution >= 4 is 17.0 Å². The predicted molar refractivity (Wildman–Crippen MR) is 71.0 cm³/mol. The van der Waals surface area contributed by atoms with Gasteiger partial charge in [0.1, 0.15) is 0 Å². The molecule has 2 rings (SSSR count). The van der Waals surface area contributed by atoms with E-state index in [0.29, 0.717) is 0 Å². The third kappa shape index (κ3) is 2.10.